The van der Waals surface area contributed by atoms with E-state index in [9.17, 15) is 9.18 Å². The number of nitrogens with zero attached hydrogens (tertiary/aromatic N) is 2. The minimum Gasteiger partial charge on any atom is -0.346 e. The molecule has 1 atom stereocenters. The molecule has 0 saturated carbocycles. The van der Waals surface area contributed by atoms with Gasteiger partial charge in [0.2, 0.25) is 5.91 Å². The van der Waals surface area contributed by atoms with Gasteiger partial charge in [-0.2, -0.15) is 15.4 Å². The number of aryl methyl sites for hydroxylation is 1. The second-order valence-electron chi connectivity index (χ2n) is 5.83. The molecule has 1 amide bonds. The molecule has 0 fully saturated rings. The maximum absolute atomic E-state index is 13.8. The summed E-state index contributed by atoms with van der Waals surface area (Å²) in [6.07, 6.45) is 4.87. The first-order chi connectivity index (χ1) is 11.7. The molecule has 24 heavy (non-hydrogen) atoms. The van der Waals surface area contributed by atoms with E-state index in [1.165, 1.54) is 23.3 Å². The van der Waals surface area contributed by atoms with Crippen LogP contribution in [0.4, 0.5) is 4.39 Å². The van der Waals surface area contributed by atoms with Crippen molar-refractivity contribution in [2.75, 3.05) is 0 Å². The molecule has 2 N–H and O–H groups in total. The Morgan fingerprint density at radius 3 is 3.08 bits per heavy atom. The topological polar surface area (TPSA) is 70.7 Å². The molecular formula is C18H15FN4O. The molecule has 1 aliphatic carbocycles. The number of amides is 1. The maximum Gasteiger partial charge on any atom is 0.244 e. The molecule has 1 aromatic heterocycles. The van der Waals surface area contributed by atoms with Crippen molar-refractivity contribution in [1.82, 2.24) is 20.7 Å². The fourth-order valence-electron chi connectivity index (χ4n) is 3.12. The monoisotopic (exact) mass is 322 g/mol. The van der Waals surface area contributed by atoms with Crippen LogP contribution in [0.2, 0.25) is 0 Å². The molecule has 3 aromatic rings. The standard InChI is InChI=1S/C18H15FN4O/c19-14-9-11(10-16-18(14)22-23-21-16)5-8-17(24)20-15-7-6-12-3-1-2-4-13(12)15/h1-5,8-10,15H,6-7H2,(H,20,24)(H,21,22,23)/b8-5+. The number of carbonyl (C=O) groups excluding carboxylic acids is 1. The summed E-state index contributed by atoms with van der Waals surface area (Å²) in [7, 11) is 0. The molecule has 0 saturated heterocycles. The summed E-state index contributed by atoms with van der Waals surface area (Å²) in [5, 5.41) is 13.0. The predicted molar refractivity (Wildman–Crippen MR) is 88.5 cm³/mol. The van der Waals surface area contributed by atoms with Crippen molar-refractivity contribution in [2.24, 2.45) is 0 Å². The first-order valence-corrected chi connectivity index (χ1v) is 7.77. The van der Waals surface area contributed by atoms with Gasteiger partial charge in [0.15, 0.2) is 5.82 Å². The number of carbonyl (C=O) groups is 1. The number of rotatable bonds is 3. The number of nitrogens with one attached hydrogen (secondary N) is 2. The number of H-pyrrole nitrogens is 1. The molecule has 1 aliphatic rings. The lowest BCUT2D eigenvalue weighted by molar-refractivity contribution is -0.117. The average Bonchev–Trinajstić information content (AvgIpc) is 3.21. The van der Waals surface area contributed by atoms with Crippen molar-refractivity contribution >= 4 is 23.0 Å². The van der Waals surface area contributed by atoms with Gasteiger partial charge < -0.3 is 5.32 Å². The van der Waals surface area contributed by atoms with E-state index in [1.807, 2.05) is 18.2 Å². The van der Waals surface area contributed by atoms with Gasteiger partial charge in [0.05, 0.1) is 6.04 Å². The number of halogens is 1. The molecule has 2 aromatic carbocycles. The van der Waals surface area contributed by atoms with Gasteiger partial charge in [-0.15, -0.1) is 0 Å². The van der Waals surface area contributed by atoms with Gasteiger partial charge in [-0.05, 0) is 47.7 Å². The van der Waals surface area contributed by atoms with Crippen LogP contribution in [0, 0.1) is 5.82 Å². The van der Waals surface area contributed by atoms with E-state index in [-0.39, 0.29) is 17.5 Å². The molecule has 120 valence electrons. The molecule has 1 heterocycles. The van der Waals surface area contributed by atoms with Crippen molar-refractivity contribution < 1.29 is 9.18 Å². The summed E-state index contributed by atoms with van der Waals surface area (Å²) in [4.78, 5) is 12.2. The molecule has 0 aliphatic heterocycles. The maximum atomic E-state index is 13.8. The van der Waals surface area contributed by atoms with Crippen LogP contribution in [-0.4, -0.2) is 21.3 Å². The van der Waals surface area contributed by atoms with Crippen molar-refractivity contribution in [2.45, 2.75) is 18.9 Å². The van der Waals surface area contributed by atoms with E-state index in [2.05, 4.69) is 26.8 Å². The number of aromatic nitrogens is 3. The molecule has 5 nitrogen and oxygen atoms in total. The molecule has 0 spiro atoms. The van der Waals surface area contributed by atoms with E-state index < -0.39 is 5.82 Å². The molecular weight excluding hydrogens is 307 g/mol. The second-order valence-corrected chi connectivity index (χ2v) is 5.83. The van der Waals surface area contributed by atoms with Crippen LogP contribution in [0.3, 0.4) is 0 Å². The lowest BCUT2D eigenvalue weighted by atomic mass is 10.1. The highest BCUT2D eigenvalue weighted by molar-refractivity contribution is 5.92. The van der Waals surface area contributed by atoms with Crippen LogP contribution < -0.4 is 5.32 Å². The molecule has 4 rings (SSSR count). The largest absolute Gasteiger partial charge is 0.346 e. The zero-order chi connectivity index (χ0) is 16.5. The third-order valence-corrected chi connectivity index (χ3v) is 4.27. The van der Waals surface area contributed by atoms with Crippen LogP contribution in [-0.2, 0) is 11.2 Å². The molecule has 0 radical (unpaired) electrons. The van der Waals surface area contributed by atoms with Crippen molar-refractivity contribution in [3.8, 4) is 0 Å². The number of aromatic amines is 1. The van der Waals surface area contributed by atoms with Gasteiger partial charge in [-0.25, -0.2) is 4.39 Å². The first-order valence-electron chi connectivity index (χ1n) is 7.77. The number of fused-ring (bicyclic) bond motifs is 2. The van der Waals surface area contributed by atoms with Gasteiger partial charge >= 0.3 is 0 Å². The Morgan fingerprint density at radius 1 is 1.29 bits per heavy atom. The number of hydrogen-bond acceptors (Lipinski definition) is 3. The number of benzene rings is 2. The van der Waals surface area contributed by atoms with Crippen LogP contribution in [0.25, 0.3) is 17.1 Å². The number of hydrogen-bond donors (Lipinski definition) is 2. The van der Waals surface area contributed by atoms with Gasteiger partial charge in [0.1, 0.15) is 11.0 Å². The Labute approximate surface area is 137 Å². The van der Waals surface area contributed by atoms with Gasteiger partial charge in [-0.3, -0.25) is 4.79 Å². The van der Waals surface area contributed by atoms with Crippen LogP contribution in [0.15, 0.2) is 42.5 Å². The Bertz CT molecular complexity index is 947. The minimum absolute atomic E-state index is 0.0353. The normalized spacial score (nSPS) is 16.6. The van der Waals surface area contributed by atoms with Crippen molar-refractivity contribution in [3.05, 3.63) is 65.0 Å². The summed E-state index contributed by atoms with van der Waals surface area (Å²) in [6.45, 7) is 0. The third kappa shape index (κ3) is 2.67. The van der Waals surface area contributed by atoms with Crippen molar-refractivity contribution in [3.63, 3.8) is 0 Å². The van der Waals surface area contributed by atoms with Gasteiger partial charge in [0.25, 0.3) is 0 Å². The van der Waals surface area contributed by atoms with E-state index >= 15 is 0 Å². The smallest absolute Gasteiger partial charge is 0.244 e. The quantitative estimate of drug-likeness (QED) is 0.728. The Hall–Kier alpha value is -3.02. The van der Waals surface area contributed by atoms with E-state index in [0.717, 1.165) is 12.8 Å². The average molecular weight is 322 g/mol. The molecule has 0 bridgehead atoms. The summed E-state index contributed by atoms with van der Waals surface area (Å²) >= 11 is 0. The second kappa shape index (κ2) is 5.88. The van der Waals surface area contributed by atoms with Crippen LogP contribution in [0.5, 0.6) is 0 Å². The van der Waals surface area contributed by atoms with Crippen LogP contribution in [0.1, 0.15) is 29.2 Å². The summed E-state index contributed by atoms with van der Waals surface area (Å²) in [5.74, 6) is -0.664. The Kier molecular flexibility index (Phi) is 3.57. The highest BCUT2D eigenvalue weighted by Gasteiger charge is 2.22. The molecule has 6 heteroatoms. The van der Waals surface area contributed by atoms with E-state index in [0.29, 0.717) is 11.1 Å². The lowest BCUT2D eigenvalue weighted by Gasteiger charge is -2.12. The highest BCUT2D eigenvalue weighted by Crippen LogP contribution is 2.30. The summed E-state index contributed by atoms with van der Waals surface area (Å²) in [5.41, 5.74) is 3.65. The Morgan fingerprint density at radius 2 is 2.17 bits per heavy atom. The highest BCUT2D eigenvalue weighted by atomic mass is 19.1. The third-order valence-electron chi connectivity index (χ3n) is 4.27. The summed E-state index contributed by atoms with van der Waals surface area (Å²) in [6, 6.07) is 11.2. The predicted octanol–water partition coefficient (Wildman–Crippen LogP) is 2.91. The lowest BCUT2D eigenvalue weighted by Crippen LogP contribution is -2.25. The van der Waals surface area contributed by atoms with Gasteiger partial charge in [0, 0.05) is 6.08 Å². The fraction of sp³-hybridized carbons (Fsp3) is 0.167. The van der Waals surface area contributed by atoms with Crippen molar-refractivity contribution in [1.29, 1.82) is 0 Å². The van der Waals surface area contributed by atoms with E-state index in [4.69, 9.17) is 0 Å². The Balaban J connectivity index is 1.48. The van der Waals surface area contributed by atoms with Gasteiger partial charge in [-0.1, -0.05) is 24.3 Å². The zero-order valence-corrected chi connectivity index (χ0v) is 12.8. The minimum atomic E-state index is -0.467. The zero-order valence-electron chi connectivity index (χ0n) is 12.8. The SMILES string of the molecule is O=C(/C=C/c1cc(F)c2n[nH]nc2c1)NC1CCc2ccccc21. The van der Waals surface area contributed by atoms with Crippen LogP contribution >= 0.6 is 0 Å². The molecule has 1 unspecified atom stereocenters. The summed E-state index contributed by atoms with van der Waals surface area (Å²) < 4.78 is 13.8. The van der Waals surface area contributed by atoms with E-state index in [1.54, 1.807) is 12.1 Å². The first kappa shape index (κ1) is 14.6. The fourth-order valence-corrected chi connectivity index (χ4v) is 3.12.